The number of fused-ring (bicyclic) bond motifs is 1. The summed E-state index contributed by atoms with van der Waals surface area (Å²) >= 11 is 6.20. The first-order chi connectivity index (χ1) is 22.9. The molecule has 6 rings (SSSR count). The summed E-state index contributed by atoms with van der Waals surface area (Å²) in [6.45, 7) is 10.4. The van der Waals surface area contributed by atoms with Crippen molar-refractivity contribution in [2.75, 3.05) is 19.5 Å². The van der Waals surface area contributed by atoms with Crippen LogP contribution in [0.2, 0.25) is 23.4 Å². The quantitative estimate of drug-likeness (QED) is 0.0903. The van der Waals surface area contributed by atoms with Gasteiger partial charge in [0.15, 0.2) is 32.2 Å². The number of halogens is 2. The molecule has 4 atom stereocenters. The molecule has 1 aliphatic heterocycles. The third-order valence-electron chi connectivity index (χ3n) is 9.52. The van der Waals surface area contributed by atoms with Crippen LogP contribution in [0.5, 0.6) is 5.75 Å². The number of imidazole rings is 1. The van der Waals surface area contributed by atoms with Crippen molar-refractivity contribution in [3.8, 4) is 5.75 Å². The molecule has 1 fully saturated rings. The number of benzene rings is 3. The highest BCUT2D eigenvalue weighted by Gasteiger charge is 2.53. The van der Waals surface area contributed by atoms with Gasteiger partial charge in [-0.1, -0.05) is 93.6 Å². The molecule has 2 aromatic heterocycles. The Morgan fingerprint density at radius 3 is 2.06 bits per heavy atom. The van der Waals surface area contributed by atoms with Crippen LogP contribution >= 0.6 is 11.6 Å². The van der Waals surface area contributed by atoms with Crippen LogP contribution in [-0.2, 0) is 19.5 Å². The largest absolute Gasteiger partial charge is 0.497 e. The lowest BCUT2D eigenvalue weighted by Gasteiger charge is -2.39. The Kier molecular flexibility index (Phi) is 9.36. The van der Waals surface area contributed by atoms with Crippen molar-refractivity contribution < 1.29 is 23.0 Å². The normalized spacial score (nSPS) is 20.3. The van der Waals surface area contributed by atoms with Gasteiger partial charge in [0.1, 0.15) is 29.1 Å². The number of anilines is 1. The van der Waals surface area contributed by atoms with E-state index >= 15 is 4.39 Å². The minimum Gasteiger partial charge on any atom is -0.497 e. The molecule has 48 heavy (non-hydrogen) atoms. The predicted octanol–water partition coefficient (Wildman–Crippen LogP) is 7.71. The molecule has 0 spiro atoms. The molecule has 3 aromatic carbocycles. The van der Waals surface area contributed by atoms with Crippen LogP contribution in [-0.4, -0.2) is 59.9 Å². The summed E-state index contributed by atoms with van der Waals surface area (Å²) < 4.78 is 44.5. The van der Waals surface area contributed by atoms with Crippen LogP contribution < -0.4 is 10.5 Å². The van der Waals surface area contributed by atoms with E-state index in [0.29, 0.717) is 16.9 Å². The smallest absolute Gasteiger partial charge is 0.226 e. The van der Waals surface area contributed by atoms with Gasteiger partial charge in [-0.25, -0.2) is 9.37 Å². The van der Waals surface area contributed by atoms with E-state index in [-0.39, 0.29) is 22.7 Å². The molecule has 3 heterocycles. The lowest BCUT2D eigenvalue weighted by molar-refractivity contribution is -0.0888. The predicted molar refractivity (Wildman–Crippen MR) is 187 cm³/mol. The standard InChI is InChI=1S/C36H41ClFN5O4Si/c1-35(2,3)48(5,6)47-30-28(38)27(46-33(30)43-22-40-29-31(39)41-34(37)42-32(29)43)21-45-36(23-13-9-7-10-14-23,24-15-11-8-12-16-24)25-17-19-26(44-4)20-18-25/h7-20,22,27-28,30,33H,21H2,1-6H3,(H2,39,41,42)/t27-,28-,30?,33-/m1/s1. The molecule has 0 bridgehead atoms. The summed E-state index contributed by atoms with van der Waals surface area (Å²) in [5, 5.41) is -0.239. The lowest BCUT2D eigenvalue weighted by Crippen LogP contribution is -2.48. The summed E-state index contributed by atoms with van der Waals surface area (Å²) in [5.74, 6) is 0.831. The molecule has 2 N–H and O–H groups in total. The van der Waals surface area contributed by atoms with Gasteiger partial charge in [0.05, 0.1) is 20.0 Å². The van der Waals surface area contributed by atoms with Gasteiger partial charge in [0.25, 0.3) is 0 Å². The zero-order valence-corrected chi connectivity index (χ0v) is 29.7. The average Bonchev–Trinajstić information content (AvgIpc) is 3.62. The molecule has 0 radical (unpaired) electrons. The molecule has 0 amide bonds. The summed E-state index contributed by atoms with van der Waals surface area (Å²) in [6, 6.07) is 27.5. The van der Waals surface area contributed by atoms with Crippen molar-refractivity contribution >= 4 is 36.9 Å². The van der Waals surface area contributed by atoms with Crippen molar-refractivity contribution in [1.29, 1.82) is 0 Å². The van der Waals surface area contributed by atoms with E-state index in [0.717, 1.165) is 16.7 Å². The molecule has 252 valence electrons. The van der Waals surface area contributed by atoms with Crippen LogP contribution in [0, 0.1) is 0 Å². The number of aromatic nitrogens is 4. The van der Waals surface area contributed by atoms with Crippen LogP contribution in [0.25, 0.3) is 11.2 Å². The summed E-state index contributed by atoms with van der Waals surface area (Å²) in [6.07, 6.45) is -2.97. The number of methoxy groups -OCH3 is 1. The van der Waals surface area contributed by atoms with Crippen molar-refractivity contribution in [2.24, 2.45) is 0 Å². The van der Waals surface area contributed by atoms with Gasteiger partial charge in [-0.3, -0.25) is 4.57 Å². The lowest BCUT2D eigenvalue weighted by atomic mass is 9.80. The first-order valence-electron chi connectivity index (χ1n) is 15.9. The molecular formula is C36H41ClFN5O4Si. The van der Waals surface area contributed by atoms with Crippen LogP contribution in [0.15, 0.2) is 91.3 Å². The number of rotatable bonds is 10. The van der Waals surface area contributed by atoms with Gasteiger partial charge < -0.3 is 24.4 Å². The first-order valence-corrected chi connectivity index (χ1v) is 19.2. The van der Waals surface area contributed by atoms with Gasteiger partial charge in [-0.15, -0.1) is 0 Å². The third-order valence-corrected chi connectivity index (χ3v) is 14.2. The minimum absolute atomic E-state index is 0.0479. The number of alkyl halides is 1. The second kappa shape index (κ2) is 13.2. The van der Waals surface area contributed by atoms with Crippen LogP contribution in [0.3, 0.4) is 0 Å². The van der Waals surface area contributed by atoms with Gasteiger partial charge in [-0.2, -0.15) is 9.97 Å². The molecule has 1 unspecified atom stereocenters. The van der Waals surface area contributed by atoms with Gasteiger partial charge in [0, 0.05) is 0 Å². The van der Waals surface area contributed by atoms with E-state index in [1.54, 1.807) is 11.7 Å². The number of hydrogen-bond acceptors (Lipinski definition) is 8. The molecule has 0 aliphatic carbocycles. The number of hydrogen-bond donors (Lipinski definition) is 1. The van der Waals surface area contributed by atoms with E-state index in [9.17, 15) is 0 Å². The fourth-order valence-corrected chi connectivity index (χ4v) is 7.37. The molecule has 9 nitrogen and oxygen atoms in total. The Balaban J connectivity index is 1.43. The van der Waals surface area contributed by atoms with Crippen LogP contribution in [0.4, 0.5) is 10.2 Å². The SMILES string of the molecule is COc1ccc(C(OC[C@H]2O[C@@H](n3cnc4c(N)nc(Cl)nc43)C(O[Si](C)(C)C(C)(C)C)[C@@H]2F)(c2ccccc2)c2ccccc2)cc1. The van der Waals surface area contributed by atoms with E-state index in [2.05, 4.69) is 48.8 Å². The summed E-state index contributed by atoms with van der Waals surface area (Å²) in [5.41, 5.74) is 8.29. The maximum Gasteiger partial charge on any atom is 0.226 e. The van der Waals surface area contributed by atoms with Crippen molar-refractivity contribution in [3.05, 3.63) is 113 Å². The van der Waals surface area contributed by atoms with Gasteiger partial charge in [0.2, 0.25) is 5.28 Å². The second-order valence-electron chi connectivity index (χ2n) is 13.5. The Hall–Kier alpha value is -3.87. The van der Waals surface area contributed by atoms with Crippen molar-refractivity contribution in [3.63, 3.8) is 0 Å². The Labute approximate surface area is 286 Å². The third kappa shape index (κ3) is 6.21. The molecule has 1 aliphatic rings. The number of nitrogen functional groups attached to an aromatic ring is 1. The van der Waals surface area contributed by atoms with E-state index < -0.39 is 38.5 Å². The fourth-order valence-electron chi connectivity index (χ4n) is 5.92. The monoisotopic (exact) mass is 689 g/mol. The Morgan fingerprint density at radius 2 is 1.50 bits per heavy atom. The van der Waals surface area contributed by atoms with Gasteiger partial charge in [-0.05, 0) is 58.6 Å². The van der Waals surface area contributed by atoms with E-state index in [1.165, 1.54) is 6.33 Å². The Morgan fingerprint density at radius 1 is 0.917 bits per heavy atom. The first kappa shape index (κ1) is 34.0. The second-order valence-corrected chi connectivity index (χ2v) is 18.6. The van der Waals surface area contributed by atoms with Crippen molar-refractivity contribution in [1.82, 2.24) is 19.5 Å². The van der Waals surface area contributed by atoms with Crippen LogP contribution in [0.1, 0.15) is 43.7 Å². The number of nitrogens with two attached hydrogens (primary N) is 1. The highest BCUT2D eigenvalue weighted by atomic mass is 35.5. The van der Waals surface area contributed by atoms with E-state index in [1.807, 2.05) is 84.9 Å². The fraction of sp³-hybridized carbons (Fsp3) is 0.361. The topological polar surface area (TPSA) is 107 Å². The van der Waals surface area contributed by atoms with Gasteiger partial charge >= 0.3 is 0 Å². The summed E-state index contributed by atoms with van der Waals surface area (Å²) in [7, 11) is -0.874. The maximum absolute atomic E-state index is 17.0. The number of nitrogens with zero attached hydrogens (tertiary/aromatic N) is 4. The molecule has 0 saturated carbocycles. The number of ether oxygens (including phenoxy) is 3. The highest BCUT2D eigenvalue weighted by Crippen LogP contribution is 2.45. The maximum atomic E-state index is 17.0. The van der Waals surface area contributed by atoms with E-state index in [4.69, 9.17) is 36.0 Å². The average molecular weight is 690 g/mol. The molecule has 12 heteroatoms. The summed E-state index contributed by atoms with van der Waals surface area (Å²) in [4.78, 5) is 12.8. The molecule has 1 saturated heterocycles. The minimum atomic E-state index is -2.50. The molecule has 5 aromatic rings. The van der Waals surface area contributed by atoms with Crippen molar-refractivity contribution in [2.45, 2.75) is 69.1 Å². The zero-order chi connectivity index (χ0) is 34.3. The highest BCUT2D eigenvalue weighted by molar-refractivity contribution is 6.74. The molecular weight excluding hydrogens is 649 g/mol. The zero-order valence-electron chi connectivity index (χ0n) is 27.9. The Bertz CT molecular complexity index is 1810.